The van der Waals surface area contributed by atoms with Gasteiger partial charge in [-0.25, -0.2) is 14.6 Å². The minimum atomic E-state index is 0.529. The van der Waals surface area contributed by atoms with Gasteiger partial charge in [0.1, 0.15) is 5.82 Å². The lowest BCUT2D eigenvalue weighted by Gasteiger charge is -2.07. The normalized spacial score (nSPS) is 14.3. The van der Waals surface area contributed by atoms with E-state index >= 15 is 0 Å². The monoisotopic (exact) mass is 308 g/mol. The van der Waals surface area contributed by atoms with E-state index in [4.69, 9.17) is 4.98 Å². The molecule has 0 atom stereocenters. The molecule has 23 heavy (non-hydrogen) atoms. The molecule has 4 rings (SSSR count). The molecule has 1 aliphatic carbocycles. The van der Waals surface area contributed by atoms with Crippen LogP contribution in [0.2, 0.25) is 0 Å². The fourth-order valence-electron chi connectivity index (χ4n) is 2.62. The van der Waals surface area contributed by atoms with Crippen LogP contribution in [0.5, 0.6) is 0 Å². The molecule has 1 aliphatic rings. The molecule has 1 fully saturated rings. The maximum Gasteiger partial charge on any atom is 0.184 e. The SMILES string of the molecule is CCCc1nc(NC2CC2)c2nnn(Cc3ccccc3)c2n1. The number of aryl methyl sites for hydroxylation is 1. The van der Waals surface area contributed by atoms with Gasteiger partial charge in [-0.05, 0) is 24.8 Å². The highest BCUT2D eigenvalue weighted by Crippen LogP contribution is 2.27. The number of anilines is 1. The molecule has 0 radical (unpaired) electrons. The smallest absolute Gasteiger partial charge is 0.184 e. The zero-order valence-corrected chi connectivity index (χ0v) is 13.2. The number of aromatic nitrogens is 5. The number of benzene rings is 1. The van der Waals surface area contributed by atoms with E-state index in [0.29, 0.717) is 12.6 Å². The molecule has 0 saturated heterocycles. The minimum absolute atomic E-state index is 0.529. The summed E-state index contributed by atoms with van der Waals surface area (Å²) in [5, 5.41) is 12.1. The van der Waals surface area contributed by atoms with Crippen molar-refractivity contribution in [3.05, 3.63) is 41.7 Å². The van der Waals surface area contributed by atoms with Crippen molar-refractivity contribution in [2.24, 2.45) is 0 Å². The van der Waals surface area contributed by atoms with Crippen molar-refractivity contribution in [3.8, 4) is 0 Å². The number of hydrogen-bond donors (Lipinski definition) is 1. The molecular weight excluding hydrogens is 288 g/mol. The Bertz CT molecular complexity index is 807. The van der Waals surface area contributed by atoms with Crippen LogP contribution >= 0.6 is 0 Å². The number of nitrogens with one attached hydrogen (secondary N) is 1. The van der Waals surface area contributed by atoms with Crippen molar-refractivity contribution in [3.63, 3.8) is 0 Å². The topological polar surface area (TPSA) is 68.5 Å². The first-order chi connectivity index (χ1) is 11.3. The summed E-state index contributed by atoms with van der Waals surface area (Å²) in [6, 6.07) is 10.8. The van der Waals surface area contributed by atoms with E-state index in [0.717, 1.165) is 35.6 Å². The summed E-state index contributed by atoms with van der Waals surface area (Å²) < 4.78 is 1.86. The van der Waals surface area contributed by atoms with Crippen molar-refractivity contribution < 1.29 is 0 Å². The van der Waals surface area contributed by atoms with Crippen molar-refractivity contribution in [2.75, 3.05) is 5.32 Å². The summed E-state index contributed by atoms with van der Waals surface area (Å²) in [6.07, 6.45) is 4.29. The lowest BCUT2D eigenvalue weighted by molar-refractivity contribution is 0.662. The van der Waals surface area contributed by atoms with E-state index in [9.17, 15) is 0 Å². The highest BCUT2D eigenvalue weighted by Gasteiger charge is 2.24. The molecular formula is C17H20N6. The summed E-state index contributed by atoms with van der Waals surface area (Å²) in [5.41, 5.74) is 2.77. The average molecular weight is 308 g/mol. The molecule has 0 spiro atoms. The standard InChI is InChI=1S/C17H20N6/c1-2-6-14-19-16(18-13-9-10-13)15-17(20-14)23(22-21-15)11-12-7-4-3-5-8-12/h3-5,7-8,13H,2,6,9-11H2,1H3,(H,18,19,20). The first-order valence-corrected chi connectivity index (χ1v) is 8.24. The lowest BCUT2D eigenvalue weighted by atomic mass is 10.2. The predicted molar refractivity (Wildman–Crippen MR) is 89.3 cm³/mol. The molecule has 1 saturated carbocycles. The van der Waals surface area contributed by atoms with Gasteiger partial charge in [0.2, 0.25) is 0 Å². The van der Waals surface area contributed by atoms with E-state index in [1.165, 1.54) is 18.4 Å². The molecule has 2 aromatic heterocycles. The molecule has 0 amide bonds. The first kappa shape index (κ1) is 14.1. The summed E-state index contributed by atoms with van der Waals surface area (Å²) in [7, 11) is 0. The molecule has 0 bridgehead atoms. The van der Waals surface area contributed by atoms with Crippen molar-refractivity contribution in [1.29, 1.82) is 0 Å². The largest absolute Gasteiger partial charge is 0.365 e. The van der Waals surface area contributed by atoms with E-state index in [1.807, 2.05) is 22.9 Å². The van der Waals surface area contributed by atoms with Gasteiger partial charge in [0, 0.05) is 12.5 Å². The Balaban J connectivity index is 1.74. The maximum absolute atomic E-state index is 4.70. The van der Waals surface area contributed by atoms with Crippen LogP contribution in [0.25, 0.3) is 11.2 Å². The molecule has 1 aromatic carbocycles. The zero-order chi connectivity index (χ0) is 15.6. The summed E-state index contributed by atoms with van der Waals surface area (Å²) >= 11 is 0. The summed E-state index contributed by atoms with van der Waals surface area (Å²) in [5.74, 6) is 1.69. The first-order valence-electron chi connectivity index (χ1n) is 8.24. The number of fused-ring (bicyclic) bond motifs is 1. The second-order valence-corrected chi connectivity index (χ2v) is 6.06. The maximum atomic E-state index is 4.70. The lowest BCUT2D eigenvalue weighted by Crippen LogP contribution is -2.09. The molecule has 0 aliphatic heterocycles. The van der Waals surface area contributed by atoms with Crippen LogP contribution in [0.1, 0.15) is 37.6 Å². The second-order valence-electron chi connectivity index (χ2n) is 6.06. The van der Waals surface area contributed by atoms with Gasteiger partial charge in [0.25, 0.3) is 0 Å². The molecule has 6 nitrogen and oxygen atoms in total. The van der Waals surface area contributed by atoms with Gasteiger partial charge in [0.15, 0.2) is 17.0 Å². The fraction of sp³-hybridized carbons (Fsp3) is 0.412. The van der Waals surface area contributed by atoms with Crippen molar-refractivity contribution in [1.82, 2.24) is 25.0 Å². The molecule has 0 unspecified atom stereocenters. The number of nitrogens with zero attached hydrogens (tertiary/aromatic N) is 5. The van der Waals surface area contributed by atoms with Crippen molar-refractivity contribution in [2.45, 2.75) is 45.2 Å². The third kappa shape index (κ3) is 3.02. The van der Waals surface area contributed by atoms with Gasteiger partial charge in [0.05, 0.1) is 6.54 Å². The Labute approximate surface area is 135 Å². The van der Waals surface area contributed by atoms with Crippen LogP contribution in [0, 0.1) is 0 Å². The van der Waals surface area contributed by atoms with Crippen LogP contribution in [0.15, 0.2) is 30.3 Å². The summed E-state index contributed by atoms with van der Waals surface area (Å²) in [6.45, 7) is 2.81. The Morgan fingerprint density at radius 1 is 1.17 bits per heavy atom. The van der Waals surface area contributed by atoms with Gasteiger partial charge in [-0.15, -0.1) is 5.10 Å². The third-order valence-electron chi connectivity index (χ3n) is 3.98. The van der Waals surface area contributed by atoms with E-state index in [1.54, 1.807) is 0 Å². The molecule has 118 valence electrons. The molecule has 1 N–H and O–H groups in total. The Kier molecular flexibility index (Phi) is 3.65. The second kappa shape index (κ2) is 5.95. The number of rotatable bonds is 6. The highest BCUT2D eigenvalue weighted by molar-refractivity contribution is 5.82. The van der Waals surface area contributed by atoms with E-state index in [2.05, 4.69) is 39.7 Å². The van der Waals surface area contributed by atoms with Crippen LogP contribution < -0.4 is 5.32 Å². The molecule has 6 heteroatoms. The van der Waals surface area contributed by atoms with Gasteiger partial charge in [-0.2, -0.15) is 0 Å². The third-order valence-corrected chi connectivity index (χ3v) is 3.98. The van der Waals surface area contributed by atoms with Gasteiger partial charge < -0.3 is 5.32 Å². The Hall–Kier alpha value is -2.50. The van der Waals surface area contributed by atoms with Crippen LogP contribution in [-0.2, 0) is 13.0 Å². The minimum Gasteiger partial charge on any atom is -0.365 e. The average Bonchev–Trinajstić information content (AvgIpc) is 3.29. The zero-order valence-electron chi connectivity index (χ0n) is 13.2. The fourth-order valence-corrected chi connectivity index (χ4v) is 2.62. The van der Waals surface area contributed by atoms with Crippen LogP contribution in [-0.4, -0.2) is 31.0 Å². The highest BCUT2D eigenvalue weighted by atomic mass is 15.4. The Morgan fingerprint density at radius 3 is 2.74 bits per heavy atom. The van der Waals surface area contributed by atoms with Crippen LogP contribution in [0.3, 0.4) is 0 Å². The predicted octanol–water partition coefficient (Wildman–Crippen LogP) is 2.80. The van der Waals surface area contributed by atoms with Crippen LogP contribution in [0.4, 0.5) is 5.82 Å². The Morgan fingerprint density at radius 2 is 2.00 bits per heavy atom. The van der Waals surface area contributed by atoms with E-state index in [-0.39, 0.29) is 0 Å². The quantitative estimate of drug-likeness (QED) is 0.758. The van der Waals surface area contributed by atoms with E-state index < -0.39 is 0 Å². The molecule has 3 aromatic rings. The van der Waals surface area contributed by atoms with Gasteiger partial charge >= 0.3 is 0 Å². The number of hydrogen-bond acceptors (Lipinski definition) is 5. The van der Waals surface area contributed by atoms with Gasteiger partial charge in [-0.3, -0.25) is 0 Å². The van der Waals surface area contributed by atoms with Gasteiger partial charge in [-0.1, -0.05) is 42.5 Å². The molecule has 2 heterocycles. The summed E-state index contributed by atoms with van der Waals surface area (Å²) in [4.78, 5) is 9.35. The van der Waals surface area contributed by atoms with Crippen molar-refractivity contribution >= 4 is 17.0 Å².